The third kappa shape index (κ3) is 1.40. The lowest BCUT2D eigenvalue weighted by Gasteiger charge is -2.21. The first-order valence-corrected chi connectivity index (χ1v) is 3.22. The van der Waals surface area contributed by atoms with E-state index in [1.807, 2.05) is 0 Å². The summed E-state index contributed by atoms with van der Waals surface area (Å²) in [7, 11) is 0. The molecule has 1 atom stereocenters. The van der Waals surface area contributed by atoms with Crippen molar-refractivity contribution in [2.45, 2.75) is 12.0 Å². The van der Waals surface area contributed by atoms with Crippen LogP contribution in [0.2, 0.25) is 0 Å². The van der Waals surface area contributed by atoms with Crippen molar-refractivity contribution in [3.05, 3.63) is 23.9 Å². The standard InChI is InChI=1S/C7H10N2O2/c8-5-1-3-7(9,4-2-5)6(10)11/h1-3H,4,8-9H2,(H,10,11). The topological polar surface area (TPSA) is 89.3 Å². The Kier molecular flexibility index (Phi) is 1.70. The van der Waals surface area contributed by atoms with E-state index >= 15 is 0 Å². The van der Waals surface area contributed by atoms with E-state index in [4.69, 9.17) is 16.6 Å². The zero-order valence-corrected chi connectivity index (χ0v) is 5.95. The van der Waals surface area contributed by atoms with Crippen LogP contribution in [0.4, 0.5) is 0 Å². The minimum Gasteiger partial charge on any atom is -0.480 e. The summed E-state index contributed by atoms with van der Waals surface area (Å²) in [4.78, 5) is 10.5. The van der Waals surface area contributed by atoms with Crippen molar-refractivity contribution in [3.63, 3.8) is 0 Å². The van der Waals surface area contributed by atoms with Gasteiger partial charge in [-0.15, -0.1) is 0 Å². The molecule has 0 saturated carbocycles. The highest BCUT2D eigenvalue weighted by molar-refractivity contribution is 5.82. The van der Waals surface area contributed by atoms with Crippen LogP contribution in [0.25, 0.3) is 0 Å². The average molecular weight is 154 g/mol. The molecule has 60 valence electrons. The monoisotopic (exact) mass is 154 g/mol. The van der Waals surface area contributed by atoms with E-state index in [-0.39, 0.29) is 6.42 Å². The molecule has 0 bridgehead atoms. The van der Waals surface area contributed by atoms with Gasteiger partial charge in [0, 0.05) is 12.1 Å². The van der Waals surface area contributed by atoms with Crippen LogP contribution in [0.3, 0.4) is 0 Å². The summed E-state index contributed by atoms with van der Waals surface area (Å²) < 4.78 is 0. The second-order valence-corrected chi connectivity index (χ2v) is 2.59. The molecule has 0 radical (unpaired) electrons. The van der Waals surface area contributed by atoms with E-state index in [9.17, 15) is 4.79 Å². The van der Waals surface area contributed by atoms with Crippen LogP contribution >= 0.6 is 0 Å². The molecular weight excluding hydrogens is 144 g/mol. The number of hydrogen-bond donors (Lipinski definition) is 3. The fourth-order valence-corrected chi connectivity index (χ4v) is 0.826. The molecule has 1 aliphatic carbocycles. The number of aliphatic carboxylic acids is 1. The van der Waals surface area contributed by atoms with Gasteiger partial charge in [0.1, 0.15) is 5.54 Å². The molecular formula is C7H10N2O2. The van der Waals surface area contributed by atoms with Gasteiger partial charge in [-0.05, 0) is 6.08 Å². The molecule has 0 aromatic carbocycles. The molecule has 5 N–H and O–H groups in total. The largest absolute Gasteiger partial charge is 0.480 e. The first-order valence-electron chi connectivity index (χ1n) is 3.22. The lowest BCUT2D eigenvalue weighted by atomic mass is 9.92. The van der Waals surface area contributed by atoms with Gasteiger partial charge in [0.05, 0.1) is 0 Å². The number of carboxylic acid groups (broad SMARTS) is 1. The van der Waals surface area contributed by atoms with Crippen LogP contribution in [0.5, 0.6) is 0 Å². The Labute approximate surface area is 64.2 Å². The molecule has 0 saturated heterocycles. The van der Waals surface area contributed by atoms with Crippen molar-refractivity contribution >= 4 is 5.97 Å². The average Bonchev–Trinajstić information content (AvgIpc) is 1.95. The van der Waals surface area contributed by atoms with Crippen LogP contribution in [0.1, 0.15) is 6.42 Å². The van der Waals surface area contributed by atoms with E-state index < -0.39 is 11.5 Å². The lowest BCUT2D eigenvalue weighted by Crippen LogP contribution is -2.46. The Bertz CT molecular complexity index is 245. The van der Waals surface area contributed by atoms with Gasteiger partial charge in [-0.2, -0.15) is 0 Å². The molecule has 4 heteroatoms. The molecule has 0 amide bonds. The van der Waals surface area contributed by atoms with Gasteiger partial charge in [0.25, 0.3) is 0 Å². The Hall–Kier alpha value is -1.29. The third-order valence-electron chi connectivity index (χ3n) is 1.65. The van der Waals surface area contributed by atoms with E-state index in [1.54, 1.807) is 6.08 Å². The van der Waals surface area contributed by atoms with Gasteiger partial charge in [-0.3, -0.25) is 0 Å². The molecule has 1 unspecified atom stereocenters. The highest BCUT2D eigenvalue weighted by Gasteiger charge is 2.31. The lowest BCUT2D eigenvalue weighted by molar-refractivity contribution is -0.141. The molecule has 0 spiro atoms. The number of hydrogen-bond acceptors (Lipinski definition) is 3. The highest BCUT2D eigenvalue weighted by atomic mass is 16.4. The maximum Gasteiger partial charge on any atom is 0.328 e. The maximum absolute atomic E-state index is 10.5. The zero-order chi connectivity index (χ0) is 8.48. The minimum atomic E-state index is -1.26. The number of carbonyl (C=O) groups is 1. The summed E-state index contributed by atoms with van der Waals surface area (Å²) in [5.74, 6) is -1.03. The Morgan fingerprint density at radius 1 is 1.73 bits per heavy atom. The molecule has 11 heavy (non-hydrogen) atoms. The van der Waals surface area contributed by atoms with E-state index in [2.05, 4.69) is 0 Å². The quantitative estimate of drug-likeness (QED) is 0.478. The normalized spacial score (nSPS) is 29.7. The third-order valence-corrected chi connectivity index (χ3v) is 1.65. The highest BCUT2D eigenvalue weighted by Crippen LogP contribution is 2.16. The van der Waals surface area contributed by atoms with Crippen LogP contribution in [0, 0.1) is 0 Å². The first-order chi connectivity index (χ1) is 5.04. The van der Waals surface area contributed by atoms with Crippen molar-refractivity contribution in [3.8, 4) is 0 Å². The van der Waals surface area contributed by atoms with Crippen molar-refractivity contribution in [2.24, 2.45) is 11.5 Å². The van der Waals surface area contributed by atoms with Crippen molar-refractivity contribution in [1.82, 2.24) is 0 Å². The summed E-state index contributed by atoms with van der Waals surface area (Å²) in [5.41, 5.74) is 10.2. The van der Waals surface area contributed by atoms with Crippen LogP contribution in [-0.2, 0) is 4.79 Å². The Morgan fingerprint density at radius 2 is 2.36 bits per heavy atom. The minimum absolute atomic E-state index is 0.255. The van der Waals surface area contributed by atoms with E-state index in [0.29, 0.717) is 5.70 Å². The predicted octanol–water partition coefficient (Wildman–Crippen LogP) is -0.429. The van der Waals surface area contributed by atoms with Gasteiger partial charge >= 0.3 is 5.97 Å². The SMILES string of the molecule is NC1=CCC(N)(C(=O)O)C=C1. The van der Waals surface area contributed by atoms with Gasteiger partial charge in [-0.1, -0.05) is 12.2 Å². The van der Waals surface area contributed by atoms with Crippen LogP contribution < -0.4 is 11.5 Å². The molecule has 1 rings (SSSR count). The molecule has 0 aliphatic heterocycles. The summed E-state index contributed by atoms with van der Waals surface area (Å²) in [6.45, 7) is 0. The van der Waals surface area contributed by atoms with Crippen molar-refractivity contribution < 1.29 is 9.90 Å². The molecule has 0 heterocycles. The molecule has 0 aromatic heterocycles. The summed E-state index contributed by atoms with van der Waals surface area (Å²) in [5, 5.41) is 8.64. The number of rotatable bonds is 1. The summed E-state index contributed by atoms with van der Waals surface area (Å²) >= 11 is 0. The fraction of sp³-hybridized carbons (Fsp3) is 0.286. The van der Waals surface area contributed by atoms with E-state index in [0.717, 1.165) is 0 Å². The van der Waals surface area contributed by atoms with Gasteiger partial charge in [-0.25, -0.2) is 4.79 Å². The van der Waals surface area contributed by atoms with Crippen molar-refractivity contribution in [1.29, 1.82) is 0 Å². The van der Waals surface area contributed by atoms with Crippen LogP contribution in [-0.4, -0.2) is 16.6 Å². The summed E-state index contributed by atoms with van der Waals surface area (Å²) in [6.07, 6.45) is 4.78. The molecule has 0 aromatic rings. The summed E-state index contributed by atoms with van der Waals surface area (Å²) in [6, 6.07) is 0. The van der Waals surface area contributed by atoms with Gasteiger partial charge in [0.15, 0.2) is 0 Å². The maximum atomic E-state index is 10.5. The second kappa shape index (κ2) is 2.39. The zero-order valence-electron chi connectivity index (χ0n) is 5.95. The fourth-order valence-electron chi connectivity index (χ4n) is 0.826. The predicted molar refractivity (Wildman–Crippen MR) is 40.6 cm³/mol. The number of carboxylic acids is 1. The second-order valence-electron chi connectivity index (χ2n) is 2.59. The molecule has 4 nitrogen and oxygen atoms in total. The first kappa shape index (κ1) is 7.81. The molecule has 0 fully saturated rings. The van der Waals surface area contributed by atoms with Crippen LogP contribution in [0.15, 0.2) is 23.9 Å². The number of nitrogens with two attached hydrogens (primary N) is 2. The van der Waals surface area contributed by atoms with E-state index in [1.165, 1.54) is 12.2 Å². The molecule has 1 aliphatic rings. The Balaban J connectivity index is 2.82. The Morgan fingerprint density at radius 3 is 2.73 bits per heavy atom. The van der Waals surface area contributed by atoms with Gasteiger partial charge in [0.2, 0.25) is 0 Å². The van der Waals surface area contributed by atoms with Crippen molar-refractivity contribution in [2.75, 3.05) is 0 Å². The van der Waals surface area contributed by atoms with Gasteiger partial charge < -0.3 is 16.6 Å². The smallest absolute Gasteiger partial charge is 0.328 e. The number of allylic oxidation sites excluding steroid dienone is 1.